The second-order valence-corrected chi connectivity index (χ2v) is 7.90. The highest BCUT2D eigenvalue weighted by molar-refractivity contribution is 7.98. The zero-order valence-electron chi connectivity index (χ0n) is 13.2. The Morgan fingerprint density at radius 3 is 2.92 bits per heavy atom. The van der Waals surface area contributed by atoms with Gasteiger partial charge in [-0.15, -0.1) is 11.8 Å². The van der Waals surface area contributed by atoms with Crippen LogP contribution in [0.1, 0.15) is 16.1 Å². The Balaban J connectivity index is 1.77. The summed E-state index contributed by atoms with van der Waals surface area (Å²) in [4.78, 5) is 21.8. The van der Waals surface area contributed by atoms with Crippen LogP contribution in [0.3, 0.4) is 0 Å². The van der Waals surface area contributed by atoms with Crippen molar-refractivity contribution >= 4 is 58.1 Å². The molecule has 0 aliphatic carbocycles. The summed E-state index contributed by atoms with van der Waals surface area (Å²) in [5, 5.41) is 7.84. The van der Waals surface area contributed by atoms with Crippen LogP contribution in [0, 0.1) is 0 Å². The highest BCUT2D eigenvalue weighted by atomic mass is 35.5. The average molecular weight is 408 g/mol. The number of nitrogens with one attached hydrogen (secondary N) is 1. The third kappa shape index (κ3) is 4.76. The van der Waals surface area contributed by atoms with Gasteiger partial charge in [-0.1, -0.05) is 35.5 Å². The highest BCUT2D eigenvalue weighted by Crippen LogP contribution is 2.31. The van der Waals surface area contributed by atoms with E-state index in [0.717, 1.165) is 16.3 Å². The number of benzene rings is 1. The maximum atomic E-state index is 12.6. The van der Waals surface area contributed by atoms with Gasteiger partial charge in [0, 0.05) is 10.6 Å². The number of hydrogen-bond acceptors (Lipinski definition) is 6. The zero-order valence-corrected chi connectivity index (χ0v) is 16.4. The van der Waals surface area contributed by atoms with E-state index in [9.17, 15) is 4.79 Å². The number of carbonyl (C=O) groups excluding carboxylic acids is 1. The van der Waals surface area contributed by atoms with Crippen LogP contribution in [-0.4, -0.2) is 22.1 Å². The monoisotopic (exact) mass is 407 g/mol. The zero-order chi connectivity index (χ0) is 17.6. The maximum Gasteiger partial charge on any atom is 0.276 e. The Morgan fingerprint density at radius 2 is 2.16 bits per heavy atom. The first-order valence-corrected chi connectivity index (χ1v) is 10.8. The smallest absolute Gasteiger partial charge is 0.276 e. The van der Waals surface area contributed by atoms with Crippen molar-refractivity contribution in [3.8, 4) is 0 Å². The fourth-order valence-corrected chi connectivity index (χ4v) is 4.26. The lowest BCUT2D eigenvalue weighted by atomic mass is 10.3. The second-order valence-electron chi connectivity index (χ2n) is 4.92. The lowest BCUT2D eigenvalue weighted by molar-refractivity contribution is 0.102. The number of halogens is 1. The first-order valence-electron chi connectivity index (χ1n) is 7.28. The molecular formula is C17H14ClN3OS3. The molecule has 4 nitrogen and oxygen atoms in total. The van der Waals surface area contributed by atoms with Crippen LogP contribution >= 0.6 is 46.5 Å². The van der Waals surface area contributed by atoms with E-state index < -0.39 is 0 Å². The summed E-state index contributed by atoms with van der Waals surface area (Å²) < 4.78 is 0. The Kier molecular flexibility index (Phi) is 6.36. The molecule has 0 saturated heterocycles. The molecule has 1 amide bonds. The normalized spacial score (nSPS) is 10.6. The van der Waals surface area contributed by atoms with Gasteiger partial charge in [-0.2, -0.15) is 11.3 Å². The van der Waals surface area contributed by atoms with Crippen LogP contribution in [0.15, 0.2) is 57.3 Å². The summed E-state index contributed by atoms with van der Waals surface area (Å²) >= 11 is 10.8. The molecule has 3 aromatic rings. The minimum Gasteiger partial charge on any atom is -0.320 e. The Hall–Kier alpha value is -1.54. The first-order chi connectivity index (χ1) is 12.2. The molecule has 0 spiro atoms. The molecule has 1 aromatic carbocycles. The van der Waals surface area contributed by atoms with Crippen molar-refractivity contribution in [1.29, 1.82) is 0 Å². The van der Waals surface area contributed by atoms with Gasteiger partial charge in [-0.3, -0.25) is 4.79 Å². The van der Waals surface area contributed by atoms with Crippen molar-refractivity contribution < 1.29 is 4.79 Å². The molecule has 0 fully saturated rings. The van der Waals surface area contributed by atoms with Crippen molar-refractivity contribution in [1.82, 2.24) is 9.97 Å². The lowest BCUT2D eigenvalue weighted by Gasteiger charge is -2.11. The van der Waals surface area contributed by atoms with E-state index >= 15 is 0 Å². The van der Waals surface area contributed by atoms with E-state index in [-0.39, 0.29) is 16.6 Å². The number of para-hydroxylation sites is 1. The lowest BCUT2D eigenvalue weighted by Crippen LogP contribution is -2.15. The number of rotatable bonds is 6. The van der Waals surface area contributed by atoms with Gasteiger partial charge in [0.2, 0.25) is 0 Å². The topological polar surface area (TPSA) is 54.9 Å². The molecule has 2 heterocycles. The van der Waals surface area contributed by atoms with Crippen LogP contribution in [0.4, 0.5) is 5.69 Å². The molecule has 8 heteroatoms. The molecule has 0 atom stereocenters. The van der Waals surface area contributed by atoms with Gasteiger partial charge in [0.05, 0.1) is 16.9 Å². The summed E-state index contributed by atoms with van der Waals surface area (Å²) in [6.07, 6.45) is 3.30. The van der Waals surface area contributed by atoms with Crippen LogP contribution in [-0.2, 0) is 5.75 Å². The van der Waals surface area contributed by atoms with E-state index in [1.807, 2.05) is 30.5 Å². The summed E-state index contributed by atoms with van der Waals surface area (Å²) in [6, 6.07) is 9.80. The van der Waals surface area contributed by atoms with E-state index in [0.29, 0.717) is 5.16 Å². The van der Waals surface area contributed by atoms with E-state index in [2.05, 4.69) is 32.1 Å². The summed E-state index contributed by atoms with van der Waals surface area (Å²) in [5.74, 6) is 0.507. The third-order valence-electron chi connectivity index (χ3n) is 3.23. The Bertz CT molecular complexity index is 871. The van der Waals surface area contributed by atoms with Gasteiger partial charge in [-0.05, 0) is 40.8 Å². The van der Waals surface area contributed by atoms with Crippen molar-refractivity contribution in [3.63, 3.8) is 0 Å². The molecule has 2 aromatic heterocycles. The quantitative estimate of drug-likeness (QED) is 0.434. The molecular weight excluding hydrogens is 394 g/mol. The summed E-state index contributed by atoms with van der Waals surface area (Å²) in [6.45, 7) is 0. The van der Waals surface area contributed by atoms with Gasteiger partial charge in [0.1, 0.15) is 0 Å². The highest BCUT2D eigenvalue weighted by Gasteiger charge is 2.16. The van der Waals surface area contributed by atoms with Gasteiger partial charge >= 0.3 is 0 Å². The third-order valence-corrected chi connectivity index (χ3v) is 5.94. The molecule has 0 bridgehead atoms. The molecule has 0 saturated carbocycles. The minimum atomic E-state index is -0.341. The number of aromatic nitrogens is 2. The molecule has 128 valence electrons. The number of anilines is 1. The number of thioether (sulfide) groups is 2. The first kappa shape index (κ1) is 18.3. The van der Waals surface area contributed by atoms with Crippen molar-refractivity contribution in [2.24, 2.45) is 0 Å². The maximum absolute atomic E-state index is 12.6. The SMILES string of the molecule is CSc1ncc(Cl)c(C(=O)Nc2ccccc2SCc2ccsc2)n1. The van der Waals surface area contributed by atoms with Gasteiger partial charge in [-0.25, -0.2) is 9.97 Å². The van der Waals surface area contributed by atoms with Crippen LogP contribution < -0.4 is 5.32 Å². The van der Waals surface area contributed by atoms with Crippen LogP contribution in [0.2, 0.25) is 5.02 Å². The van der Waals surface area contributed by atoms with Crippen molar-refractivity contribution in [3.05, 3.63) is 63.6 Å². The van der Waals surface area contributed by atoms with E-state index in [1.54, 1.807) is 23.1 Å². The Labute approximate surface area is 163 Å². The molecule has 25 heavy (non-hydrogen) atoms. The summed E-state index contributed by atoms with van der Waals surface area (Å²) in [5.41, 5.74) is 2.19. The number of hydrogen-bond donors (Lipinski definition) is 1. The minimum absolute atomic E-state index is 0.179. The van der Waals surface area contributed by atoms with Gasteiger partial charge in [0.25, 0.3) is 5.91 Å². The molecule has 1 N–H and O–H groups in total. The fraction of sp³-hybridized carbons (Fsp3) is 0.118. The molecule has 0 unspecified atom stereocenters. The fourth-order valence-electron chi connectivity index (χ4n) is 2.02. The predicted octanol–water partition coefficient (Wildman–Crippen LogP) is 5.46. The molecule has 3 rings (SSSR count). The number of nitrogens with zero attached hydrogens (tertiary/aromatic N) is 2. The largest absolute Gasteiger partial charge is 0.320 e. The van der Waals surface area contributed by atoms with Gasteiger partial charge < -0.3 is 5.32 Å². The Morgan fingerprint density at radius 1 is 1.32 bits per heavy atom. The predicted molar refractivity (Wildman–Crippen MR) is 107 cm³/mol. The van der Waals surface area contributed by atoms with Crippen molar-refractivity contribution in [2.75, 3.05) is 11.6 Å². The number of thiophene rings is 1. The summed E-state index contributed by atoms with van der Waals surface area (Å²) in [7, 11) is 0. The van der Waals surface area contributed by atoms with Crippen LogP contribution in [0.5, 0.6) is 0 Å². The van der Waals surface area contributed by atoms with Gasteiger partial charge in [0.15, 0.2) is 10.9 Å². The average Bonchev–Trinajstić information content (AvgIpc) is 3.15. The standard InChI is InChI=1S/C17H14ClN3OS3/c1-23-17-19-8-12(18)15(21-17)16(22)20-13-4-2-3-5-14(13)25-10-11-6-7-24-9-11/h2-9H,10H2,1H3,(H,20,22). The van der Waals surface area contributed by atoms with E-state index in [1.165, 1.54) is 23.5 Å². The molecule has 0 aliphatic rings. The molecule has 0 aliphatic heterocycles. The van der Waals surface area contributed by atoms with Crippen LogP contribution in [0.25, 0.3) is 0 Å². The van der Waals surface area contributed by atoms with E-state index in [4.69, 9.17) is 11.6 Å². The van der Waals surface area contributed by atoms with Crippen molar-refractivity contribution in [2.45, 2.75) is 15.8 Å². The number of amides is 1. The number of carbonyl (C=O) groups is 1. The second kappa shape index (κ2) is 8.71. The molecule has 0 radical (unpaired) electrons.